The molecule has 0 aromatic heterocycles. The van der Waals surface area contributed by atoms with E-state index < -0.39 is 0 Å². The highest BCUT2D eigenvalue weighted by atomic mass is 79.9. The van der Waals surface area contributed by atoms with Gasteiger partial charge in [0, 0.05) is 10.0 Å². The van der Waals surface area contributed by atoms with Crippen molar-refractivity contribution < 1.29 is 0 Å². The van der Waals surface area contributed by atoms with E-state index in [-0.39, 0.29) is 5.54 Å². The molecule has 2 aromatic carbocycles. The first-order valence-electron chi connectivity index (χ1n) is 4.96. The van der Waals surface area contributed by atoms with Crippen molar-refractivity contribution >= 4 is 26.7 Å². The van der Waals surface area contributed by atoms with Gasteiger partial charge in [0.25, 0.3) is 0 Å². The molecule has 0 saturated carbocycles. The maximum absolute atomic E-state index is 6.16. The van der Waals surface area contributed by atoms with Gasteiger partial charge < -0.3 is 5.73 Å². The molecule has 2 rings (SSSR count). The maximum Gasteiger partial charge on any atom is 0.0358 e. The molecule has 0 spiro atoms. The van der Waals surface area contributed by atoms with Gasteiger partial charge in [-0.25, -0.2) is 0 Å². The Labute approximate surface area is 98.4 Å². The Bertz CT molecular complexity index is 497. The first-order valence-corrected chi connectivity index (χ1v) is 5.75. The fourth-order valence-electron chi connectivity index (χ4n) is 1.81. The number of fused-ring (bicyclic) bond motifs is 1. The largest absolute Gasteiger partial charge is 0.322 e. The fraction of sp³-hybridized carbons (Fsp3) is 0.231. The summed E-state index contributed by atoms with van der Waals surface area (Å²) in [7, 11) is 0. The zero-order valence-electron chi connectivity index (χ0n) is 8.92. The van der Waals surface area contributed by atoms with Crippen LogP contribution < -0.4 is 5.73 Å². The third kappa shape index (κ3) is 2.06. The van der Waals surface area contributed by atoms with E-state index in [1.54, 1.807) is 0 Å². The van der Waals surface area contributed by atoms with E-state index in [4.69, 9.17) is 5.73 Å². The summed E-state index contributed by atoms with van der Waals surface area (Å²) in [6.45, 7) is 4.06. The fourth-order valence-corrected chi connectivity index (χ4v) is 2.17. The highest BCUT2D eigenvalue weighted by Gasteiger charge is 2.16. The van der Waals surface area contributed by atoms with Crippen LogP contribution in [0.15, 0.2) is 40.9 Å². The van der Waals surface area contributed by atoms with Crippen LogP contribution in [0.1, 0.15) is 19.4 Å². The van der Waals surface area contributed by atoms with Gasteiger partial charge in [0.1, 0.15) is 0 Å². The third-order valence-electron chi connectivity index (χ3n) is 2.54. The molecule has 0 amide bonds. The van der Waals surface area contributed by atoms with Crippen molar-refractivity contribution in [2.45, 2.75) is 19.4 Å². The van der Waals surface area contributed by atoms with Crippen molar-refractivity contribution in [2.75, 3.05) is 0 Å². The molecule has 15 heavy (non-hydrogen) atoms. The van der Waals surface area contributed by atoms with Crippen LogP contribution in [0.25, 0.3) is 10.8 Å². The summed E-state index contributed by atoms with van der Waals surface area (Å²) < 4.78 is 1.09. The van der Waals surface area contributed by atoms with Crippen LogP contribution in [-0.4, -0.2) is 0 Å². The Hall–Kier alpha value is -0.860. The quantitative estimate of drug-likeness (QED) is 0.833. The summed E-state index contributed by atoms with van der Waals surface area (Å²) in [5.74, 6) is 0. The number of rotatable bonds is 1. The second kappa shape index (κ2) is 3.62. The second-order valence-electron chi connectivity index (χ2n) is 4.39. The zero-order valence-corrected chi connectivity index (χ0v) is 10.5. The summed E-state index contributed by atoms with van der Waals surface area (Å²) in [5.41, 5.74) is 7.03. The highest BCUT2D eigenvalue weighted by molar-refractivity contribution is 9.10. The molecule has 0 bridgehead atoms. The lowest BCUT2D eigenvalue weighted by atomic mass is 9.91. The number of nitrogens with two attached hydrogens (primary N) is 1. The van der Waals surface area contributed by atoms with Crippen LogP contribution in [0.5, 0.6) is 0 Å². The van der Waals surface area contributed by atoms with Crippen molar-refractivity contribution in [1.82, 2.24) is 0 Å². The van der Waals surface area contributed by atoms with E-state index in [0.717, 1.165) is 4.47 Å². The number of hydrogen-bond donors (Lipinski definition) is 1. The van der Waals surface area contributed by atoms with Crippen molar-refractivity contribution in [3.8, 4) is 0 Å². The zero-order chi connectivity index (χ0) is 11.1. The average Bonchev–Trinajstić information content (AvgIpc) is 2.15. The predicted molar refractivity (Wildman–Crippen MR) is 68.9 cm³/mol. The Morgan fingerprint density at radius 3 is 2.53 bits per heavy atom. The van der Waals surface area contributed by atoms with E-state index >= 15 is 0 Å². The lowest BCUT2D eigenvalue weighted by molar-refractivity contribution is 0.559. The van der Waals surface area contributed by atoms with Gasteiger partial charge in [-0.2, -0.15) is 0 Å². The molecule has 0 aliphatic heterocycles. The number of benzene rings is 2. The molecule has 0 unspecified atom stereocenters. The molecule has 0 aliphatic rings. The van der Waals surface area contributed by atoms with Gasteiger partial charge in [-0.3, -0.25) is 0 Å². The van der Waals surface area contributed by atoms with Crippen molar-refractivity contribution in [2.24, 2.45) is 5.73 Å². The van der Waals surface area contributed by atoms with Crippen molar-refractivity contribution in [3.05, 3.63) is 46.4 Å². The molecule has 0 aliphatic carbocycles. The highest BCUT2D eigenvalue weighted by Crippen LogP contribution is 2.28. The van der Waals surface area contributed by atoms with Gasteiger partial charge in [-0.05, 0) is 42.3 Å². The first kappa shape index (κ1) is 10.7. The summed E-state index contributed by atoms with van der Waals surface area (Å²) in [5, 5.41) is 2.45. The molecular weight excluding hydrogens is 250 g/mol. The van der Waals surface area contributed by atoms with Crippen LogP contribution in [0.4, 0.5) is 0 Å². The normalized spacial score (nSPS) is 12.0. The standard InChI is InChI=1S/C13H14BrN/c1-13(2,15)12-5-3-4-9-6-7-10(14)8-11(9)12/h3-8H,15H2,1-2H3. The van der Waals surface area contributed by atoms with Crippen molar-refractivity contribution in [3.63, 3.8) is 0 Å². The minimum atomic E-state index is -0.305. The molecule has 78 valence electrons. The lowest BCUT2D eigenvalue weighted by Gasteiger charge is -2.21. The molecule has 0 radical (unpaired) electrons. The van der Waals surface area contributed by atoms with Gasteiger partial charge in [0.05, 0.1) is 0 Å². The number of halogens is 1. The van der Waals surface area contributed by atoms with Gasteiger partial charge >= 0.3 is 0 Å². The Balaban J connectivity index is 2.80. The van der Waals surface area contributed by atoms with Crippen LogP contribution in [-0.2, 0) is 5.54 Å². The van der Waals surface area contributed by atoms with Gasteiger partial charge in [-0.15, -0.1) is 0 Å². The molecule has 0 saturated heterocycles. The summed E-state index contributed by atoms with van der Waals surface area (Å²) in [6, 6.07) is 12.5. The summed E-state index contributed by atoms with van der Waals surface area (Å²) in [6.07, 6.45) is 0. The topological polar surface area (TPSA) is 26.0 Å². The Kier molecular flexibility index (Phi) is 2.57. The van der Waals surface area contributed by atoms with E-state index in [2.05, 4.69) is 52.3 Å². The molecular formula is C13H14BrN. The van der Waals surface area contributed by atoms with E-state index in [0.29, 0.717) is 0 Å². The molecule has 2 heteroatoms. The molecule has 1 nitrogen and oxygen atoms in total. The number of hydrogen-bond acceptors (Lipinski definition) is 1. The second-order valence-corrected chi connectivity index (χ2v) is 5.31. The summed E-state index contributed by atoms with van der Waals surface area (Å²) in [4.78, 5) is 0. The van der Waals surface area contributed by atoms with Crippen LogP contribution in [0, 0.1) is 0 Å². The molecule has 0 atom stereocenters. The average molecular weight is 264 g/mol. The van der Waals surface area contributed by atoms with Crippen LogP contribution in [0.2, 0.25) is 0 Å². The minimum absolute atomic E-state index is 0.305. The Morgan fingerprint density at radius 1 is 1.13 bits per heavy atom. The van der Waals surface area contributed by atoms with Gasteiger partial charge in [0.15, 0.2) is 0 Å². The molecule has 2 aromatic rings. The van der Waals surface area contributed by atoms with Crippen LogP contribution in [0.3, 0.4) is 0 Å². The SMILES string of the molecule is CC(C)(N)c1cccc2ccc(Br)cc12. The van der Waals surface area contributed by atoms with E-state index in [1.807, 2.05) is 13.8 Å². The molecule has 0 fully saturated rings. The lowest BCUT2D eigenvalue weighted by Crippen LogP contribution is -2.28. The smallest absolute Gasteiger partial charge is 0.0358 e. The van der Waals surface area contributed by atoms with Gasteiger partial charge in [0.2, 0.25) is 0 Å². The monoisotopic (exact) mass is 263 g/mol. The van der Waals surface area contributed by atoms with E-state index in [1.165, 1.54) is 16.3 Å². The predicted octanol–water partition coefficient (Wildman–Crippen LogP) is 3.80. The van der Waals surface area contributed by atoms with Crippen molar-refractivity contribution in [1.29, 1.82) is 0 Å². The maximum atomic E-state index is 6.16. The van der Waals surface area contributed by atoms with Gasteiger partial charge in [-0.1, -0.05) is 40.2 Å². The first-order chi connectivity index (χ1) is 6.98. The Morgan fingerprint density at radius 2 is 1.87 bits per heavy atom. The molecule has 2 N–H and O–H groups in total. The minimum Gasteiger partial charge on any atom is -0.322 e. The summed E-state index contributed by atoms with van der Waals surface area (Å²) >= 11 is 3.49. The van der Waals surface area contributed by atoms with E-state index in [9.17, 15) is 0 Å². The third-order valence-corrected chi connectivity index (χ3v) is 3.03. The molecule has 0 heterocycles. The van der Waals surface area contributed by atoms with Crippen LogP contribution >= 0.6 is 15.9 Å².